The minimum Gasteiger partial charge on any atom is -0.480 e. The Balaban J connectivity index is 2.30. The molecule has 1 heterocycles. The van der Waals surface area contributed by atoms with Crippen molar-refractivity contribution in [1.29, 1.82) is 0 Å². The first-order valence-corrected chi connectivity index (χ1v) is 5.85. The Morgan fingerprint density at radius 1 is 1.25 bits per heavy atom. The van der Waals surface area contributed by atoms with Crippen molar-refractivity contribution in [2.75, 3.05) is 19.6 Å². The maximum Gasteiger partial charge on any atom is 0.320 e. The molecule has 1 rings (SSSR count). The fourth-order valence-electron chi connectivity index (χ4n) is 1.76. The lowest BCUT2D eigenvalue weighted by atomic mass is 10.2. The van der Waals surface area contributed by atoms with E-state index in [1.807, 2.05) is 4.90 Å². The zero-order valence-electron chi connectivity index (χ0n) is 9.74. The van der Waals surface area contributed by atoms with E-state index in [4.69, 9.17) is 5.11 Å². The number of rotatable bonds is 4. The molecule has 0 unspecified atom stereocenters. The van der Waals surface area contributed by atoms with E-state index in [0.29, 0.717) is 0 Å². The van der Waals surface area contributed by atoms with Crippen molar-refractivity contribution in [3.63, 3.8) is 0 Å². The molecule has 0 aromatic carbocycles. The van der Waals surface area contributed by atoms with E-state index in [9.17, 15) is 9.59 Å². The van der Waals surface area contributed by atoms with Gasteiger partial charge in [-0.1, -0.05) is 12.8 Å². The van der Waals surface area contributed by atoms with Crippen molar-refractivity contribution in [1.82, 2.24) is 10.2 Å². The Bertz CT molecular complexity index is 248. The van der Waals surface area contributed by atoms with E-state index in [1.54, 1.807) is 0 Å². The molecule has 1 fully saturated rings. The van der Waals surface area contributed by atoms with E-state index in [2.05, 4.69) is 5.32 Å². The van der Waals surface area contributed by atoms with Gasteiger partial charge in [-0.2, -0.15) is 0 Å². The number of nitrogens with one attached hydrogen (secondary N) is 1. The van der Waals surface area contributed by atoms with Gasteiger partial charge in [0.25, 0.3) is 0 Å². The van der Waals surface area contributed by atoms with Gasteiger partial charge in [-0.15, -0.1) is 0 Å². The van der Waals surface area contributed by atoms with Crippen LogP contribution in [0.15, 0.2) is 0 Å². The quantitative estimate of drug-likeness (QED) is 0.733. The second kappa shape index (κ2) is 6.48. The molecule has 5 nitrogen and oxygen atoms in total. The summed E-state index contributed by atoms with van der Waals surface area (Å²) in [5, 5.41) is 11.4. The molecule has 92 valence electrons. The topological polar surface area (TPSA) is 69.6 Å². The van der Waals surface area contributed by atoms with Crippen molar-refractivity contribution in [2.45, 2.75) is 38.6 Å². The Morgan fingerprint density at radius 3 is 2.31 bits per heavy atom. The normalized spacial score (nSPS) is 18.9. The first-order chi connectivity index (χ1) is 7.61. The van der Waals surface area contributed by atoms with Crippen LogP contribution in [0.3, 0.4) is 0 Å². The Labute approximate surface area is 95.8 Å². The van der Waals surface area contributed by atoms with Crippen molar-refractivity contribution in [2.24, 2.45) is 0 Å². The minimum absolute atomic E-state index is 0.00926. The molecule has 1 saturated heterocycles. The van der Waals surface area contributed by atoms with Gasteiger partial charge in [0.2, 0.25) is 5.91 Å². The molecule has 2 N–H and O–H groups in total. The number of carbonyl (C=O) groups excluding carboxylic acids is 1. The zero-order chi connectivity index (χ0) is 12.0. The second-order valence-electron chi connectivity index (χ2n) is 4.24. The molecule has 0 aromatic heterocycles. The van der Waals surface area contributed by atoms with Crippen molar-refractivity contribution in [3.05, 3.63) is 0 Å². The van der Waals surface area contributed by atoms with Crippen LogP contribution >= 0.6 is 0 Å². The summed E-state index contributed by atoms with van der Waals surface area (Å²) in [6.07, 6.45) is 4.48. The predicted octanol–water partition coefficient (Wildman–Crippen LogP) is 0.452. The highest BCUT2D eigenvalue weighted by Gasteiger charge is 2.17. The largest absolute Gasteiger partial charge is 0.480 e. The monoisotopic (exact) mass is 228 g/mol. The number of aliphatic carboxylic acids is 1. The number of carboxylic acids is 1. The van der Waals surface area contributed by atoms with Gasteiger partial charge in [0.15, 0.2) is 0 Å². The lowest BCUT2D eigenvalue weighted by molar-refractivity contribution is -0.139. The van der Waals surface area contributed by atoms with Crippen molar-refractivity contribution < 1.29 is 14.7 Å². The van der Waals surface area contributed by atoms with Gasteiger partial charge in [-0.05, 0) is 19.8 Å². The number of carbonyl (C=O) groups is 2. The minimum atomic E-state index is -0.927. The first kappa shape index (κ1) is 13.0. The molecule has 1 aliphatic heterocycles. The maximum atomic E-state index is 11.7. The summed E-state index contributed by atoms with van der Waals surface area (Å²) < 4.78 is 0. The van der Waals surface area contributed by atoms with E-state index >= 15 is 0 Å². The summed E-state index contributed by atoms with van der Waals surface area (Å²) in [4.78, 5) is 24.1. The molecule has 5 heteroatoms. The molecule has 16 heavy (non-hydrogen) atoms. The summed E-state index contributed by atoms with van der Waals surface area (Å²) in [5.74, 6) is -0.918. The standard InChI is InChI=1S/C11H20N2O3/c1-9(11(15)16)12-8-10(14)13-6-4-2-3-5-7-13/h9,12H,2-8H2,1H3,(H,15,16)/t9-/m1/s1. The van der Waals surface area contributed by atoms with E-state index < -0.39 is 12.0 Å². The van der Waals surface area contributed by atoms with Crippen LogP contribution in [0.2, 0.25) is 0 Å². The molecule has 0 aromatic rings. The third-order valence-corrected chi connectivity index (χ3v) is 2.89. The second-order valence-corrected chi connectivity index (χ2v) is 4.24. The van der Waals surface area contributed by atoms with Gasteiger partial charge >= 0.3 is 5.97 Å². The molecule has 1 amide bonds. The smallest absolute Gasteiger partial charge is 0.320 e. The van der Waals surface area contributed by atoms with Crippen LogP contribution in [-0.4, -0.2) is 47.6 Å². The van der Waals surface area contributed by atoms with E-state index in [-0.39, 0.29) is 12.5 Å². The van der Waals surface area contributed by atoms with Gasteiger partial charge in [0.1, 0.15) is 6.04 Å². The van der Waals surface area contributed by atoms with E-state index in [1.165, 1.54) is 19.8 Å². The molecule has 0 saturated carbocycles. The van der Waals surface area contributed by atoms with Gasteiger partial charge in [-0.3, -0.25) is 14.9 Å². The summed E-state index contributed by atoms with van der Waals surface area (Å²) >= 11 is 0. The first-order valence-electron chi connectivity index (χ1n) is 5.85. The third-order valence-electron chi connectivity index (χ3n) is 2.89. The van der Waals surface area contributed by atoms with Crippen LogP contribution in [0.1, 0.15) is 32.6 Å². The summed E-state index contributed by atoms with van der Waals surface area (Å²) in [5.41, 5.74) is 0. The Hall–Kier alpha value is -1.10. The molecular weight excluding hydrogens is 208 g/mol. The van der Waals surface area contributed by atoms with Gasteiger partial charge < -0.3 is 10.0 Å². The molecule has 0 spiro atoms. The zero-order valence-corrected chi connectivity index (χ0v) is 9.74. The maximum absolute atomic E-state index is 11.7. The highest BCUT2D eigenvalue weighted by Crippen LogP contribution is 2.09. The Kier molecular flexibility index (Phi) is 5.25. The number of hydrogen-bond donors (Lipinski definition) is 2. The highest BCUT2D eigenvalue weighted by molar-refractivity contribution is 5.79. The molecule has 0 aliphatic carbocycles. The number of carboxylic acid groups (broad SMARTS) is 1. The van der Waals surface area contributed by atoms with Crippen LogP contribution in [0.25, 0.3) is 0 Å². The summed E-state index contributed by atoms with van der Waals surface area (Å²) in [7, 11) is 0. The van der Waals surface area contributed by atoms with Gasteiger partial charge in [-0.25, -0.2) is 0 Å². The van der Waals surface area contributed by atoms with Crippen LogP contribution in [0, 0.1) is 0 Å². The molecule has 1 aliphatic rings. The molecule has 0 bridgehead atoms. The van der Waals surface area contributed by atoms with Gasteiger partial charge in [0, 0.05) is 13.1 Å². The fourth-order valence-corrected chi connectivity index (χ4v) is 1.76. The number of nitrogens with zero attached hydrogens (tertiary/aromatic N) is 1. The fraction of sp³-hybridized carbons (Fsp3) is 0.818. The van der Waals surface area contributed by atoms with Gasteiger partial charge in [0.05, 0.1) is 6.54 Å². The molecular formula is C11H20N2O3. The van der Waals surface area contributed by atoms with Crippen molar-refractivity contribution >= 4 is 11.9 Å². The lowest BCUT2D eigenvalue weighted by Crippen LogP contribution is -2.43. The van der Waals surface area contributed by atoms with Crippen LogP contribution in [-0.2, 0) is 9.59 Å². The summed E-state index contributed by atoms with van der Waals surface area (Å²) in [6.45, 7) is 3.27. The van der Waals surface area contributed by atoms with E-state index in [0.717, 1.165) is 25.9 Å². The number of amides is 1. The van der Waals surface area contributed by atoms with Crippen LogP contribution in [0.5, 0.6) is 0 Å². The van der Waals surface area contributed by atoms with Crippen molar-refractivity contribution in [3.8, 4) is 0 Å². The Morgan fingerprint density at radius 2 is 1.81 bits per heavy atom. The average Bonchev–Trinajstić information content (AvgIpc) is 2.53. The third kappa shape index (κ3) is 4.18. The predicted molar refractivity (Wildman–Crippen MR) is 60.1 cm³/mol. The summed E-state index contributed by atoms with van der Waals surface area (Å²) in [6, 6.07) is -0.670. The number of hydrogen-bond acceptors (Lipinski definition) is 3. The molecule has 0 radical (unpaired) electrons. The lowest BCUT2D eigenvalue weighted by Gasteiger charge is -2.21. The average molecular weight is 228 g/mol. The van der Waals surface area contributed by atoms with Crippen LogP contribution < -0.4 is 5.32 Å². The SMILES string of the molecule is C[C@@H](NCC(=O)N1CCCCCC1)C(=O)O. The highest BCUT2D eigenvalue weighted by atomic mass is 16.4. The number of likely N-dealkylation sites (tertiary alicyclic amines) is 1. The molecule has 1 atom stereocenters. The van der Waals surface area contributed by atoms with Crippen LogP contribution in [0.4, 0.5) is 0 Å².